The molecule has 0 aromatic carbocycles. The minimum Gasteiger partial charge on any atom is -0.290 e. The molecule has 1 aliphatic carbocycles. The molecule has 3 heterocycles. The van der Waals surface area contributed by atoms with Crippen molar-refractivity contribution < 1.29 is 13.6 Å². The van der Waals surface area contributed by atoms with E-state index in [0.717, 1.165) is 12.8 Å². The van der Waals surface area contributed by atoms with E-state index in [1.54, 1.807) is 0 Å². The number of alkyl halides is 1. The fourth-order valence-corrected chi connectivity index (χ4v) is 2.68. The van der Waals surface area contributed by atoms with E-state index in [0.29, 0.717) is 0 Å². The van der Waals surface area contributed by atoms with Gasteiger partial charge in [-0.3, -0.25) is 9.78 Å². The highest BCUT2D eigenvalue weighted by Gasteiger charge is 2.40. The summed E-state index contributed by atoms with van der Waals surface area (Å²) < 4.78 is 29.3. The number of carbonyl (C=O) groups is 1. The maximum Gasteiger partial charge on any atom is 0.217 e. The Kier molecular flexibility index (Phi) is 2.63. The first kappa shape index (κ1) is 12.6. The lowest BCUT2D eigenvalue weighted by molar-refractivity contribution is 0.0956. The van der Waals surface area contributed by atoms with Crippen LogP contribution in [0.5, 0.6) is 0 Å². The standard InChI is InChI=1S/C14H12F2N4O/c15-8-2-1-5-17-11(8)10-6-9(16)14-18-13(19-20(10)14)12(21)7-3-4-7/h1-2,5,7,9-10H,3-4,6H2/t9-,10+/m1/s1. The Hall–Kier alpha value is -2.18. The molecule has 108 valence electrons. The average Bonchev–Trinajstić information content (AvgIpc) is 3.15. The molecule has 7 heteroatoms. The van der Waals surface area contributed by atoms with Gasteiger partial charge in [-0.1, -0.05) is 0 Å². The van der Waals surface area contributed by atoms with Crippen molar-refractivity contribution in [3.63, 3.8) is 0 Å². The van der Waals surface area contributed by atoms with Crippen LogP contribution < -0.4 is 0 Å². The normalized spacial score (nSPS) is 24.1. The van der Waals surface area contributed by atoms with Crippen LogP contribution in [0.1, 0.15) is 53.6 Å². The molecule has 2 aromatic heterocycles. The molecule has 1 saturated carbocycles. The summed E-state index contributed by atoms with van der Waals surface area (Å²) in [4.78, 5) is 20.0. The summed E-state index contributed by atoms with van der Waals surface area (Å²) in [6.45, 7) is 0. The van der Waals surface area contributed by atoms with Gasteiger partial charge in [-0.15, -0.1) is 5.10 Å². The Morgan fingerprint density at radius 2 is 2.19 bits per heavy atom. The van der Waals surface area contributed by atoms with Gasteiger partial charge >= 0.3 is 0 Å². The number of pyridine rings is 1. The van der Waals surface area contributed by atoms with Gasteiger partial charge in [0.1, 0.15) is 17.6 Å². The number of hydrogen-bond donors (Lipinski definition) is 0. The number of nitrogens with zero attached hydrogens (tertiary/aromatic N) is 4. The van der Waals surface area contributed by atoms with Crippen LogP contribution >= 0.6 is 0 Å². The molecule has 0 amide bonds. The zero-order chi connectivity index (χ0) is 14.6. The van der Waals surface area contributed by atoms with E-state index in [4.69, 9.17) is 0 Å². The minimum absolute atomic E-state index is 0.0313. The number of rotatable bonds is 3. The predicted octanol–water partition coefficient (Wildman–Crippen LogP) is 2.41. The Balaban J connectivity index is 1.75. The minimum atomic E-state index is -1.36. The number of fused-ring (bicyclic) bond motifs is 1. The second kappa shape index (κ2) is 4.41. The number of aromatic nitrogens is 4. The van der Waals surface area contributed by atoms with Crippen LogP contribution in [0, 0.1) is 11.7 Å². The molecule has 2 aliphatic rings. The van der Waals surface area contributed by atoms with Crippen molar-refractivity contribution in [2.45, 2.75) is 31.5 Å². The summed E-state index contributed by atoms with van der Waals surface area (Å²) in [6, 6.07) is 2.11. The van der Waals surface area contributed by atoms with Gasteiger partial charge in [-0.25, -0.2) is 18.4 Å². The second-order valence-corrected chi connectivity index (χ2v) is 5.47. The van der Waals surface area contributed by atoms with Gasteiger partial charge in [0.15, 0.2) is 12.0 Å². The topological polar surface area (TPSA) is 60.7 Å². The molecule has 1 fully saturated rings. The summed E-state index contributed by atoms with van der Waals surface area (Å²) in [6.07, 6.45) is 1.81. The van der Waals surface area contributed by atoms with E-state index >= 15 is 0 Å². The average molecular weight is 290 g/mol. The van der Waals surface area contributed by atoms with Gasteiger partial charge < -0.3 is 0 Å². The number of ketones is 1. The summed E-state index contributed by atoms with van der Waals surface area (Å²) in [7, 11) is 0. The summed E-state index contributed by atoms with van der Waals surface area (Å²) in [5.41, 5.74) is 0.134. The van der Waals surface area contributed by atoms with Crippen molar-refractivity contribution >= 4 is 5.78 Å². The van der Waals surface area contributed by atoms with Crippen molar-refractivity contribution in [3.05, 3.63) is 41.5 Å². The molecule has 0 radical (unpaired) electrons. The van der Waals surface area contributed by atoms with Gasteiger partial charge in [-0.2, -0.15) is 0 Å². The van der Waals surface area contributed by atoms with Gasteiger partial charge in [0, 0.05) is 18.5 Å². The Bertz CT molecular complexity index is 726. The molecule has 4 rings (SSSR count). The number of carbonyl (C=O) groups excluding carboxylic acids is 1. The van der Waals surface area contributed by atoms with Crippen LogP contribution in [0.25, 0.3) is 0 Å². The number of halogens is 2. The fourth-order valence-electron chi connectivity index (χ4n) is 2.68. The molecule has 1 aliphatic heterocycles. The maximum atomic E-state index is 14.1. The first-order valence-corrected chi connectivity index (χ1v) is 6.90. The fraction of sp³-hybridized carbons (Fsp3) is 0.429. The summed E-state index contributed by atoms with van der Waals surface area (Å²) in [5, 5.41) is 4.11. The molecule has 21 heavy (non-hydrogen) atoms. The monoisotopic (exact) mass is 290 g/mol. The molecule has 5 nitrogen and oxygen atoms in total. The largest absolute Gasteiger partial charge is 0.290 e. The second-order valence-electron chi connectivity index (χ2n) is 5.47. The van der Waals surface area contributed by atoms with Gasteiger partial charge in [0.25, 0.3) is 0 Å². The zero-order valence-corrected chi connectivity index (χ0v) is 11.0. The van der Waals surface area contributed by atoms with Gasteiger partial charge in [0.2, 0.25) is 11.6 Å². The Morgan fingerprint density at radius 1 is 1.38 bits per heavy atom. The maximum absolute atomic E-state index is 14.1. The highest BCUT2D eigenvalue weighted by molar-refractivity contribution is 5.95. The van der Waals surface area contributed by atoms with Crippen LogP contribution in [0.2, 0.25) is 0 Å². The van der Waals surface area contributed by atoms with Gasteiger partial charge in [0.05, 0.1) is 0 Å². The van der Waals surface area contributed by atoms with Crippen molar-refractivity contribution in [3.8, 4) is 0 Å². The van der Waals surface area contributed by atoms with Gasteiger partial charge in [-0.05, 0) is 25.0 Å². The third-order valence-electron chi connectivity index (χ3n) is 3.93. The third kappa shape index (κ3) is 1.95. The molecule has 2 atom stereocenters. The van der Waals surface area contributed by atoms with Crippen LogP contribution in [0.3, 0.4) is 0 Å². The third-order valence-corrected chi connectivity index (χ3v) is 3.93. The zero-order valence-electron chi connectivity index (χ0n) is 11.0. The molecule has 0 N–H and O–H groups in total. The first-order chi connectivity index (χ1) is 10.1. The van der Waals surface area contributed by atoms with Crippen LogP contribution in [0.4, 0.5) is 8.78 Å². The van der Waals surface area contributed by atoms with E-state index in [1.807, 2.05) is 0 Å². The quantitative estimate of drug-likeness (QED) is 0.814. The van der Waals surface area contributed by atoms with Crippen LogP contribution in [-0.2, 0) is 0 Å². The molecule has 0 saturated heterocycles. The number of Topliss-reactive ketones (excluding diaryl/α,β-unsaturated/α-hetero) is 1. The summed E-state index contributed by atoms with van der Waals surface area (Å²) in [5.74, 6) is -0.557. The van der Waals surface area contributed by atoms with Crippen LogP contribution in [-0.4, -0.2) is 25.5 Å². The summed E-state index contributed by atoms with van der Waals surface area (Å²) >= 11 is 0. The van der Waals surface area contributed by atoms with Crippen molar-refractivity contribution in [1.29, 1.82) is 0 Å². The number of hydrogen-bond acceptors (Lipinski definition) is 4. The lowest BCUT2D eigenvalue weighted by Gasteiger charge is -2.11. The van der Waals surface area contributed by atoms with Crippen molar-refractivity contribution in [1.82, 2.24) is 19.7 Å². The van der Waals surface area contributed by atoms with Crippen LogP contribution in [0.15, 0.2) is 18.3 Å². The van der Waals surface area contributed by atoms with E-state index in [-0.39, 0.29) is 35.5 Å². The smallest absolute Gasteiger partial charge is 0.217 e. The van der Waals surface area contributed by atoms with E-state index in [2.05, 4.69) is 15.1 Å². The SMILES string of the molecule is O=C(c1nc2n(n1)[C@H](c1ncccc1F)C[C@H]2F)C1CC1. The van der Waals surface area contributed by atoms with Crippen molar-refractivity contribution in [2.75, 3.05) is 0 Å². The molecule has 2 aromatic rings. The lowest BCUT2D eigenvalue weighted by Crippen LogP contribution is -2.13. The molecule has 0 bridgehead atoms. The molecular weight excluding hydrogens is 278 g/mol. The van der Waals surface area contributed by atoms with Crippen molar-refractivity contribution in [2.24, 2.45) is 5.92 Å². The lowest BCUT2D eigenvalue weighted by atomic mass is 10.1. The highest BCUT2D eigenvalue weighted by atomic mass is 19.1. The van der Waals surface area contributed by atoms with E-state index < -0.39 is 18.0 Å². The Labute approximate surface area is 119 Å². The molecule has 0 spiro atoms. The highest BCUT2D eigenvalue weighted by Crippen LogP contribution is 2.40. The Morgan fingerprint density at radius 3 is 2.90 bits per heavy atom. The molecular formula is C14H12F2N4O. The molecule has 0 unspecified atom stereocenters. The predicted molar refractivity (Wildman–Crippen MR) is 67.9 cm³/mol. The van der Waals surface area contributed by atoms with E-state index in [9.17, 15) is 13.6 Å². The first-order valence-electron chi connectivity index (χ1n) is 6.90. The van der Waals surface area contributed by atoms with E-state index in [1.165, 1.54) is 23.0 Å².